The van der Waals surface area contributed by atoms with Crippen molar-refractivity contribution >= 4 is 21.8 Å². The van der Waals surface area contributed by atoms with Crippen molar-refractivity contribution < 1.29 is 14.0 Å². The number of halogens is 2. The van der Waals surface area contributed by atoms with Crippen LogP contribution in [0.15, 0.2) is 22.7 Å². The van der Waals surface area contributed by atoms with E-state index in [4.69, 9.17) is 10.6 Å². The van der Waals surface area contributed by atoms with Crippen molar-refractivity contribution in [2.75, 3.05) is 6.61 Å². The second-order valence-corrected chi connectivity index (χ2v) is 3.68. The molecule has 6 heteroatoms. The minimum absolute atomic E-state index is 0.209. The first-order valence-electron chi connectivity index (χ1n) is 4.16. The van der Waals surface area contributed by atoms with Crippen LogP contribution in [0.2, 0.25) is 0 Å². The van der Waals surface area contributed by atoms with Crippen LogP contribution >= 0.6 is 15.9 Å². The van der Waals surface area contributed by atoms with Crippen LogP contribution in [0.25, 0.3) is 0 Å². The van der Waals surface area contributed by atoms with E-state index in [1.807, 2.05) is 0 Å². The first-order valence-corrected chi connectivity index (χ1v) is 4.96. The molecule has 0 aliphatic carbocycles. The number of primary amides is 1. The van der Waals surface area contributed by atoms with E-state index in [2.05, 4.69) is 21.4 Å². The molecule has 1 aromatic carbocycles. The molecule has 0 fully saturated rings. The molecule has 0 spiro atoms. The van der Waals surface area contributed by atoms with E-state index in [1.165, 1.54) is 6.07 Å². The minimum atomic E-state index is -0.565. The van der Waals surface area contributed by atoms with Gasteiger partial charge in [-0.25, -0.2) is 4.39 Å². The normalized spacial score (nSPS) is 10.3. The second-order valence-electron chi connectivity index (χ2n) is 2.82. The van der Waals surface area contributed by atoms with Crippen molar-refractivity contribution in [3.8, 4) is 0 Å². The van der Waals surface area contributed by atoms with Gasteiger partial charge in [0, 0.05) is 6.54 Å². The summed E-state index contributed by atoms with van der Waals surface area (Å²) in [5, 5.41) is 0. The fourth-order valence-electron chi connectivity index (χ4n) is 0.906. The lowest BCUT2D eigenvalue weighted by molar-refractivity contribution is -0.125. The molecule has 1 amide bonds. The lowest BCUT2D eigenvalue weighted by Crippen LogP contribution is -2.24. The Morgan fingerprint density at radius 1 is 1.60 bits per heavy atom. The lowest BCUT2D eigenvalue weighted by Gasteiger charge is -2.04. The van der Waals surface area contributed by atoms with Gasteiger partial charge >= 0.3 is 0 Å². The predicted molar refractivity (Wildman–Crippen MR) is 56.1 cm³/mol. The van der Waals surface area contributed by atoms with Crippen molar-refractivity contribution in [2.24, 2.45) is 5.73 Å². The molecule has 3 N–H and O–H groups in total. The molecule has 0 radical (unpaired) electrons. The Kier molecular flexibility index (Phi) is 4.67. The summed E-state index contributed by atoms with van der Waals surface area (Å²) in [6.45, 7) is 0.0937. The maximum Gasteiger partial charge on any atom is 0.245 e. The van der Waals surface area contributed by atoms with Crippen molar-refractivity contribution in [3.05, 3.63) is 34.1 Å². The van der Waals surface area contributed by atoms with E-state index in [1.54, 1.807) is 12.1 Å². The zero-order valence-corrected chi connectivity index (χ0v) is 9.38. The standard InChI is InChI=1S/C9H10BrFN2O2/c10-7-2-1-6(3-8(7)11)4-13-15-5-9(12)14/h1-3,13H,4-5H2,(H2,12,14). The largest absolute Gasteiger partial charge is 0.368 e. The molecule has 1 rings (SSSR count). The Labute approximate surface area is 94.7 Å². The van der Waals surface area contributed by atoms with Gasteiger partial charge in [-0.3, -0.25) is 9.63 Å². The van der Waals surface area contributed by atoms with Crippen LogP contribution in [-0.4, -0.2) is 12.5 Å². The molecular weight excluding hydrogens is 267 g/mol. The number of benzene rings is 1. The van der Waals surface area contributed by atoms with Gasteiger partial charge in [0.2, 0.25) is 5.91 Å². The SMILES string of the molecule is NC(=O)CONCc1ccc(Br)c(F)c1. The molecule has 0 saturated heterocycles. The highest BCUT2D eigenvalue weighted by Gasteiger charge is 2.00. The van der Waals surface area contributed by atoms with Crippen molar-refractivity contribution in [2.45, 2.75) is 6.54 Å². The number of hydrogen-bond donors (Lipinski definition) is 2. The summed E-state index contributed by atoms with van der Waals surface area (Å²) in [5.41, 5.74) is 8.05. The van der Waals surface area contributed by atoms with Gasteiger partial charge < -0.3 is 5.73 Å². The molecule has 0 bridgehead atoms. The number of hydrogen-bond acceptors (Lipinski definition) is 3. The molecule has 0 saturated carbocycles. The summed E-state index contributed by atoms with van der Waals surface area (Å²) < 4.78 is 13.4. The number of carbonyl (C=O) groups is 1. The first-order chi connectivity index (χ1) is 7.09. The van der Waals surface area contributed by atoms with Crippen LogP contribution in [0, 0.1) is 5.82 Å². The summed E-state index contributed by atoms with van der Waals surface area (Å²) in [7, 11) is 0. The number of rotatable bonds is 5. The highest BCUT2D eigenvalue weighted by atomic mass is 79.9. The van der Waals surface area contributed by atoms with Gasteiger partial charge in [-0.05, 0) is 33.6 Å². The molecule has 4 nitrogen and oxygen atoms in total. The zero-order valence-electron chi connectivity index (χ0n) is 7.80. The van der Waals surface area contributed by atoms with Gasteiger partial charge in [0.05, 0.1) is 4.47 Å². The van der Waals surface area contributed by atoms with E-state index in [9.17, 15) is 9.18 Å². The number of amides is 1. The maximum absolute atomic E-state index is 13.0. The molecule has 1 aromatic rings. The summed E-state index contributed by atoms with van der Waals surface area (Å²) in [4.78, 5) is 15.0. The van der Waals surface area contributed by atoms with Crippen LogP contribution in [0.4, 0.5) is 4.39 Å². The number of hydroxylamine groups is 1. The van der Waals surface area contributed by atoms with Crippen LogP contribution in [-0.2, 0) is 16.2 Å². The monoisotopic (exact) mass is 276 g/mol. The Balaban J connectivity index is 2.38. The summed E-state index contributed by atoms with van der Waals surface area (Å²) in [5.74, 6) is -0.909. The quantitative estimate of drug-likeness (QED) is 0.625. The van der Waals surface area contributed by atoms with Gasteiger partial charge in [0.15, 0.2) is 0 Å². The van der Waals surface area contributed by atoms with Crippen LogP contribution < -0.4 is 11.2 Å². The van der Waals surface area contributed by atoms with E-state index in [-0.39, 0.29) is 12.4 Å². The van der Waals surface area contributed by atoms with Gasteiger partial charge in [-0.1, -0.05) is 6.07 Å². The number of nitrogens with one attached hydrogen (secondary N) is 1. The molecule has 0 aliphatic rings. The third-order valence-corrected chi connectivity index (χ3v) is 2.22. The third kappa shape index (κ3) is 4.37. The molecule has 15 heavy (non-hydrogen) atoms. The average Bonchev–Trinajstić information content (AvgIpc) is 2.18. The van der Waals surface area contributed by atoms with Gasteiger partial charge in [0.25, 0.3) is 0 Å². The van der Waals surface area contributed by atoms with E-state index >= 15 is 0 Å². The minimum Gasteiger partial charge on any atom is -0.368 e. The number of nitrogens with two attached hydrogens (primary N) is 1. The number of carbonyl (C=O) groups excluding carboxylic acids is 1. The Morgan fingerprint density at radius 2 is 2.33 bits per heavy atom. The van der Waals surface area contributed by atoms with E-state index in [0.717, 1.165) is 0 Å². The van der Waals surface area contributed by atoms with Crippen LogP contribution in [0.1, 0.15) is 5.56 Å². The zero-order chi connectivity index (χ0) is 11.3. The Hall–Kier alpha value is -0.980. The molecule has 0 aliphatic heterocycles. The van der Waals surface area contributed by atoms with Gasteiger partial charge in [0.1, 0.15) is 12.4 Å². The summed E-state index contributed by atoms with van der Waals surface area (Å²) in [6.07, 6.45) is 0. The van der Waals surface area contributed by atoms with Crippen LogP contribution in [0.5, 0.6) is 0 Å². The molecule has 0 unspecified atom stereocenters. The predicted octanol–water partition coefficient (Wildman–Crippen LogP) is 1.09. The fourth-order valence-corrected chi connectivity index (χ4v) is 1.15. The van der Waals surface area contributed by atoms with E-state index < -0.39 is 5.91 Å². The topological polar surface area (TPSA) is 64.4 Å². The average molecular weight is 277 g/mol. The Bertz CT molecular complexity index is 360. The summed E-state index contributed by atoms with van der Waals surface area (Å²) in [6, 6.07) is 4.69. The smallest absolute Gasteiger partial charge is 0.245 e. The van der Waals surface area contributed by atoms with Crippen LogP contribution in [0.3, 0.4) is 0 Å². The molecule has 0 aromatic heterocycles. The second kappa shape index (κ2) is 5.79. The van der Waals surface area contributed by atoms with Crippen molar-refractivity contribution in [1.29, 1.82) is 0 Å². The van der Waals surface area contributed by atoms with Crippen molar-refractivity contribution in [3.63, 3.8) is 0 Å². The van der Waals surface area contributed by atoms with Gasteiger partial charge in [-0.2, -0.15) is 5.48 Å². The van der Waals surface area contributed by atoms with Gasteiger partial charge in [-0.15, -0.1) is 0 Å². The first kappa shape index (κ1) is 12.1. The lowest BCUT2D eigenvalue weighted by atomic mass is 10.2. The Morgan fingerprint density at radius 3 is 2.93 bits per heavy atom. The molecular formula is C9H10BrFN2O2. The van der Waals surface area contributed by atoms with Crippen molar-refractivity contribution in [1.82, 2.24) is 5.48 Å². The summed E-state index contributed by atoms with van der Waals surface area (Å²) >= 11 is 3.04. The molecule has 82 valence electrons. The highest BCUT2D eigenvalue weighted by Crippen LogP contribution is 2.16. The maximum atomic E-state index is 13.0. The van der Waals surface area contributed by atoms with E-state index in [0.29, 0.717) is 16.6 Å². The third-order valence-electron chi connectivity index (χ3n) is 1.58. The molecule has 0 atom stereocenters. The highest BCUT2D eigenvalue weighted by molar-refractivity contribution is 9.10. The molecule has 0 heterocycles. The fraction of sp³-hybridized carbons (Fsp3) is 0.222.